The van der Waals surface area contributed by atoms with Crippen LogP contribution in [0.2, 0.25) is 0 Å². The summed E-state index contributed by atoms with van der Waals surface area (Å²) < 4.78 is 0. The molecule has 0 spiro atoms. The molecule has 0 aromatic rings. The average Bonchev–Trinajstić information content (AvgIpc) is 2.13. The van der Waals surface area contributed by atoms with Gasteiger partial charge in [0.15, 0.2) is 0 Å². The minimum atomic E-state index is 1.00. The molecule has 0 heterocycles. The molecule has 0 aliphatic carbocycles. The van der Waals surface area contributed by atoms with Crippen LogP contribution < -0.4 is 5.32 Å². The number of likely N-dealkylation sites (N-methyl/N-ethyl adjacent to an activating group) is 1. The number of allylic oxidation sites excluding steroid dienone is 3. The molecule has 76 valence electrons. The normalized spacial score (nSPS) is 14.4. The Balaban J connectivity index is 4.20. The van der Waals surface area contributed by atoms with Crippen LogP contribution in [0.5, 0.6) is 0 Å². The van der Waals surface area contributed by atoms with Crippen LogP contribution in [0.4, 0.5) is 0 Å². The van der Waals surface area contributed by atoms with Crippen LogP contribution in [0.25, 0.3) is 0 Å². The van der Waals surface area contributed by atoms with Crippen molar-refractivity contribution < 1.29 is 0 Å². The second-order valence-corrected chi connectivity index (χ2v) is 3.59. The van der Waals surface area contributed by atoms with Gasteiger partial charge in [0.2, 0.25) is 0 Å². The Labute approximate surface area is 82.9 Å². The molecule has 0 aromatic carbocycles. The largest absolute Gasteiger partial charge is 0.313 e. The topological polar surface area (TPSA) is 12.0 Å². The molecule has 0 aliphatic heterocycles. The Morgan fingerprint density at radius 1 is 1.15 bits per heavy atom. The molecule has 1 heteroatoms. The molecule has 0 fully saturated rings. The summed E-state index contributed by atoms with van der Waals surface area (Å²) in [6.45, 7) is 12.9. The molecule has 0 rings (SSSR count). The Morgan fingerprint density at radius 2 is 1.77 bits per heavy atom. The molecule has 0 aliphatic rings. The van der Waals surface area contributed by atoms with Crippen molar-refractivity contribution in [1.82, 2.24) is 5.32 Å². The van der Waals surface area contributed by atoms with Crippen LogP contribution in [-0.4, -0.2) is 13.1 Å². The average molecular weight is 181 g/mol. The maximum atomic E-state index is 3.32. The predicted octanol–water partition coefficient (Wildman–Crippen LogP) is 3.29. The van der Waals surface area contributed by atoms with Gasteiger partial charge >= 0.3 is 0 Å². The first-order valence-corrected chi connectivity index (χ1v) is 5.16. The van der Waals surface area contributed by atoms with Crippen LogP contribution in [0.1, 0.15) is 41.0 Å². The SMILES string of the molecule is CCNC/C(C)=C\C(C)=C(/C)CC. The van der Waals surface area contributed by atoms with E-state index in [1.165, 1.54) is 16.7 Å². The summed E-state index contributed by atoms with van der Waals surface area (Å²) in [5, 5.41) is 3.32. The van der Waals surface area contributed by atoms with Crippen LogP contribution >= 0.6 is 0 Å². The summed E-state index contributed by atoms with van der Waals surface area (Å²) in [6.07, 6.45) is 3.43. The molecule has 13 heavy (non-hydrogen) atoms. The van der Waals surface area contributed by atoms with E-state index in [-0.39, 0.29) is 0 Å². The molecule has 0 saturated heterocycles. The van der Waals surface area contributed by atoms with Gasteiger partial charge in [-0.05, 0) is 33.7 Å². The number of rotatable bonds is 5. The molecule has 0 bridgehead atoms. The Morgan fingerprint density at radius 3 is 2.23 bits per heavy atom. The fourth-order valence-corrected chi connectivity index (χ4v) is 1.14. The minimum Gasteiger partial charge on any atom is -0.313 e. The van der Waals surface area contributed by atoms with Gasteiger partial charge in [-0.2, -0.15) is 0 Å². The second kappa shape index (κ2) is 6.90. The molecule has 1 nitrogen and oxygen atoms in total. The lowest BCUT2D eigenvalue weighted by Crippen LogP contribution is -2.14. The number of hydrogen-bond acceptors (Lipinski definition) is 1. The van der Waals surface area contributed by atoms with E-state index >= 15 is 0 Å². The summed E-state index contributed by atoms with van der Waals surface area (Å²) in [6, 6.07) is 0. The van der Waals surface area contributed by atoms with Crippen LogP contribution in [-0.2, 0) is 0 Å². The van der Waals surface area contributed by atoms with Gasteiger partial charge in [-0.25, -0.2) is 0 Å². The molecule has 0 unspecified atom stereocenters. The highest BCUT2D eigenvalue weighted by Gasteiger charge is 1.92. The van der Waals surface area contributed by atoms with Crippen molar-refractivity contribution in [1.29, 1.82) is 0 Å². The van der Waals surface area contributed by atoms with Crippen molar-refractivity contribution in [3.63, 3.8) is 0 Å². The van der Waals surface area contributed by atoms with E-state index in [4.69, 9.17) is 0 Å². The van der Waals surface area contributed by atoms with Crippen LogP contribution in [0.15, 0.2) is 22.8 Å². The predicted molar refractivity (Wildman–Crippen MR) is 61.0 cm³/mol. The third-order valence-electron chi connectivity index (χ3n) is 2.32. The Hall–Kier alpha value is -0.560. The lowest BCUT2D eigenvalue weighted by atomic mass is 10.1. The summed E-state index contributed by atoms with van der Waals surface area (Å²) in [4.78, 5) is 0. The first kappa shape index (κ1) is 12.4. The quantitative estimate of drug-likeness (QED) is 0.642. The zero-order valence-electron chi connectivity index (χ0n) is 9.70. The molecule has 0 radical (unpaired) electrons. The van der Waals surface area contributed by atoms with Crippen LogP contribution in [0, 0.1) is 0 Å². The van der Waals surface area contributed by atoms with Gasteiger partial charge in [-0.1, -0.05) is 36.6 Å². The van der Waals surface area contributed by atoms with Crippen molar-refractivity contribution in [2.45, 2.75) is 41.0 Å². The molecular formula is C12H23N. The monoisotopic (exact) mass is 181 g/mol. The van der Waals surface area contributed by atoms with Gasteiger partial charge in [0.25, 0.3) is 0 Å². The van der Waals surface area contributed by atoms with Crippen molar-refractivity contribution >= 4 is 0 Å². The zero-order chi connectivity index (χ0) is 10.3. The van der Waals surface area contributed by atoms with Gasteiger partial charge in [0, 0.05) is 6.54 Å². The van der Waals surface area contributed by atoms with Crippen LogP contribution in [0.3, 0.4) is 0 Å². The fraction of sp³-hybridized carbons (Fsp3) is 0.667. The first-order chi connectivity index (χ1) is 6.11. The summed E-state index contributed by atoms with van der Waals surface area (Å²) in [5.41, 5.74) is 4.31. The maximum absolute atomic E-state index is 3.32. The smallest absolute Gasteiger partial charge is 0.0164 e. The van der Waals surface area contributed by atoms with Gasteiger partial charge in [-0.3, -0.25) is 0 Å². The minimum absolute atomic E-state index is 1.00. The molecular weight excluding hydrogens is 158 g/mol. The van der Waals surface area contributed by atoms with E-state index in [0.29, 0.717) is 0 Å². The van der Waals surface area contributed by atoms with Gasteiger partial charge < -0.3 is 5.32 Å². The summed E-state index contributed by atoms with van der Waals surface area (Å²) in [5.74, 6) is 0. The first-order valence-electron chi connectivity index (χ1n) is 5.16. The standard InChI is InChI=1S/C12H23N/c1-6-11(4)12(5)8-10(3)9-13-7-2/h8,13H,6-7,9H2,1-5H3/b10-8-,12-11+. The lowest BCUT2D eigenvalue weighted by Gasteiger charge is -2.04. The van der Waals surface area contributed by atoms with Gasteiger partial charge in [0.05, 0.1) is 0 Å². The van der Waals surface area contributed by atoms with E-state index in [0.717, 1.165) is 19.5 Å². The van der Waals surface area contributed by atoms with E-state index in [1.54, 1.807) is 0 Å². The Kier molecular flexibility index (Phi) is 6.61. The number of hydrogen-bond donors (Lipinski definition) is 1. The maximum Gasteiger partial charge on any atom is 0.0164 e. The van der Waals surface area contributed by atoms with E-state index in [2.05, 4.69) is 46.0 Å². The van der Waals surface area contributed by atoms with Crippen molar-refractivity contribution in [3.8, 4) is 0 Å². The molecule has 0 atom stereocenters. The number of nitrogens with one attached hydrogen (secondary N) is 1. The second-order valence-electron chi connectivity index (χ2n) is 3.59. The summed E-state index contributed by atoms with van der Waals surface area (Å²) in [7, 11) is 0. The van der Waals surface area contributed by atoms with E-state index in [9.17, 15) is 0 Å². The molecule has 0 saturated carbocycles. The summed E-state index contributed by atoms with van der Waals surface area (Å²) >= 11 is 0. The van der Waals surface area contributed by atoms with Crippen molar-refractivity contribution in [2.24, 2.45) is 0 Å². The third kappa shape index (κ3) is 5.64. The fourth-order valence-electron chi connectivity index (χ4n) is 1.14. The third-order valence-corrected chi connectivity index (χ3v) is 2.32. The van der Waals surface area contributed by atoms with Crippen molar-refractivity contribution in [2.75, 3.05) is 13.1 Å². The lowest BCUT2D eigenvalue weighted by molar-refractivity contribution is 0.775. The molecule has 1 N–H and O–H groups in total. The van der Waals surface area contributed by atoms with Gasteiger partial charge in [-0.15, -0.1) is 0 Å². The molecule has 0 amide bonds. The highest BCUT2D eigenvalue weighted by molar-refractivity contribution is 5.25. The van der Waals surface area contributed by atoms with E-state index in [1.807, 2.05) is 0 Å². The van der Waals surface area contributed by atoms with E-state index < -0.39 is 0 Å². The highest BCUT2D eigenvalue weighted by Crippen LogP contribution is 2.10. The van der Waals surface area contributed by atoms with Gasteiger partial charge in [0.1, 0.15) is 0 Å². The zero-order valence-corrected chi connectivity index (χ0v) is 9.70. The molecule has 0 aromatic heterocycles. The Bertz CT molecular complexity index is 199. The highest BCUT2D eigenvalue weighted by atomic mass is 14.8. The van der Waals surface area contributed by atoms with Crippen molar-refractivity contribution in [3.05, 3.63) is 22.8 Å².